The van der Waals surface area contributed by atoms with Gasteiger partial charge in [0.05, 0.1) is 12.3 Å². The van der Waals surface area contributed by atoms with Crippen molar-refractivity contribution < 1.29 is 23.5 Å². The lowest BCUT2D eigenvalue weighted by atomic mass is 10.0. The van der Waals surface area contributed by atoms with Crippen LogP contribution in [0.15, 0.2) is 41.0 Å². The van der Waals surface area contributed by atoms with E-state index in [0.717, 1.165) is 5.56 Å². The molecule has 1 atom stereocenters. The molecule has 0 saturated heterocycles. The van der Waals surface area contributed by atoms with Crippen molar-refractivity contribution in [2.45, 2.75) is 26.8 Å². The number of ketones is 1. The average molecular weight is 329 g/mol. The highest BCUT2D eigenvalue weighted by molar-refractivity contribution is 5.99. The molecule has 6 heteroatoms. The number of amides is 1. The molecule has 1 N–H and O–H groups in total. The van der Waals surface area contributed by atoms with Crippen LogP contribution in [0, 0.1) is 6.92 Å². The van der Waals surface area contributed by atoms with Gasteiger partial charge >= 0.3 is 5.97 Å². The Hall–Kier alpha value is -2.89. The Labute approximate surface area is 139 Å². The van der Waals surface area contributed by atoms with E-state index in [1.165, 1.54) is 19.3 Å². The SMILES string of the molecule is CC(=O)N[C@H](C)c1ccc(C(=O)COC(=O)c2ccoc2C)cc1. The Morgan fingerprint density at radius 1 is 1.17 bits per heavy atom. The Morgan fingerprint density at radius 2 is 1.83 bits per heavy atom. The summed E-state index contributed by atoms with van der Waals surface area (Å²) in [4.78, 5) is 35.0. The summed E-state index contributed by atoms with van der Waals surface area (Å²) >= 11 is 0. The van der Waals surface area contributed by atoms with Crippen LogP contribution in [0.1, 0.15) is 51.9 Å². The first kappa shape index (κ1) is 17.5. The number of Topliss-reactive ketones (excluding diaryl/α,β-unsaturated/α-hetero) is 1. The number of benzene rings is 1. The predicted molar refractivity (Wildman–Crippen MR) is 86.7 cm³/mol. The number of furan rings is 1. The number of hydrogen-bond acceptors (Lipinski definition) is 5. The second-order valence-corrected chi connectivity index (χ2v) is 5.43. The molecule has 0 aliphatic rings. The topological polar surface area (TPSA) is 85.6 Å². The maximum atomic E-state index is 12.1. The predicted octanol–water partition coefficient (Wildman–Crippen LogP) is 2.82. The van der Waals surface area contributed by atoms with Crippen LogP contribution in [0.2, 0.25) is 0 Å². The lowest BCUT2D eigenvalue weighted by Gasteiger charge is -2.13. The van der Waals surface area contributed by atoms with Gasteiger partial charge in [-0.2, -0.15) is 0 Å². The van der Waals surface area contributed by atoms with Gasteiger partial charge in [0, 0.05) is 12.5 Å². The van der Waals surface area contributed by atoms with E-state index in [2.05, 4.69) is 5.32 Å². The van der Waals surface area contributed by atoms with Crippen molar-refractivity contribution in [3.8, 4) is 0 Å². The van der Waals surface area contributed by atoms with Crippen LogP contribution in [0.5, 0.6) is 0 Å². The van der Waals surface area contributed by atoms with Gasteiger partial charge in [-0.15, -0.1) is 0 Å². The maximum Gasteiger partial charge on any atom is 0.342 e. The largest absolute Gasteiger partial charge is 0.469 e. The zero-order valence-electron chi connectivity index (χ0n) is 13.8. The molecule has 24 heavy (non-hydrogen) atoms. The third-order valence-electron chi connectivity index (χ3n) is 3.57. The molecule has 1 aromatic heterocycles. The monoisotopic (exact) mass is 329 g/mol. The van der Waals surface area contributed by atoms with E-state index >= 15 is 0 Å². The first-order chi connectivity index (χ1) is 11.4. The van der Waals surface area contributed by atoms with E-state index < -0.39 is 5.97 Å². The average Bonchev–Trinajstić information content (AvgIpc) is 2.98. The molecule has 1 heterocycles. The molecule has 0 radical (unpaired) electrons. The van der Waals surface area contributed by atoms with Crippen molar-refractivity contribution in [1.29, 1.82) is 0 Å². The van der Waals surface area contributed by atoms with Crippen molar-refractivity contribution in [1.82, 2.24) is 5.32 Å². The third kappa shape index (κ3) is 4.32. The molecule has 0 aliphatic carbocycles. The van der Waals surface area contributed by atoms with Crippen LogP contribution in [0.4, 0.5) is 0 Å². The number of rotatable bonds is 6. The molecule has 1 aromatic carbocycles. The smallest absolute Gasteiger partial charge is 0.342 e. The number of carbonyl (C=O) groups is 3. The number of aryl methyl sites for hydroxylation is 1. The standard InChI is InChI=1S/C18H19NO5/c1-11(19-13(3)20)14-4-6-15(7-5-14)17(21)10-24-18(22)16-8-9-23-12(16)2/h4-9,11H,10H2,1-3H3,(H,19,20)/t11-/m1/s1. The van der Waals surface area contributed by atoms with E-state index in [9.17, 15) is 14.4 Å². The summed E-state index contributed by atoms with van der Waals surface area (Å²) in [5.74, 6) is -0.568. The summed E-state index contributed by atoms with van der Waals surface area (Å²) in [5, 5.41) is 2.77. The van der Waals surface area contributed by atoms with Crippen LogP contribution < -0.4 is 5.32 Å². The number of esters is 1. The summed E-state index contributed by atoms with van der Waals surface area (Å²) in [6.45, 7) is 4.61. The van der Waals surface area contributed by atoms with Gasteiger partial charge in [0.15, 0.2) is 12.4 Å². The molecule has 0 fully saturated rings. The molecule has 0 unspecified atom stereocenters. The fraction of sp³-hybridized carbons (Fsp3) is 0.278. The fourth-order valence-electron chi connectivity index (χ4n) is 2.23. The lowest BCUT2D eigenvalue weighted by molar-refractivity contribution is -0.119. The van der Waals surface area contributed by atoms with Crippen LogP contribution in [0.25, 0.3) is 0 Å². The molecule has 2 aromatic rings. The first-order valence-corrected chi connectivity index (χ1v) is 7.50. The lowest BCUT2D eigenvalue weighted by Crippen LogP contribution is -2.23. The third-order valence-corrected chi connectivity index (χ3v) is 3.57. The highest BCUT2D eigenvalue weighted by atomic mass is 16.5. The van der Waals surface area contributed by atoms with Gasteiger partial charge in [-0.25, -0.2) is 4.79 Å². The second-order valence-electron chi connectivity index (χ2n) is 5.43. The van der Waals surface area contributed by atoms with Crippen molar-refractivity contribution in [2.75, 3.05) is 6.61 Å². The summed E-state index contributed by atoms with van der Waals surface area (Å²) < 4.78 is 10.0. The Balaban J connectivity index is 1.94. The van der Waals surface area contributed by atoms with E-state index in [1.807, 2.05) is 6.92 Å². The van der Waals surface area contributed by atoms with Crippen LogP contribution in [-0.4, -0.2) is 24.3 Å². The number of nitrogens with one attached hydrogen (secondary N) is 1. The van der Waals surface area contributed by atoms with Crippen molar-refractivity contribution in [3.63, 3.8) is 0 Å². The minimum atomic E-state index is -0.592. The van der Waals surface area contributed by atoms with Crippen molar-refractivity contribution in [3.05, 3.63) is 59.0 Å². The highest BCUT2D eigenvalue weighted by Gasteiger charge is 2.16. The van der Waals surface area contributed by atoms with Gasteiger partial charge < -0.3 is 14.5 Å². The fourth-order valence-corrected chi connectivity index (χ4v) is 2.23. The number of carbonyl (C=O) groups excluding carboxylic acids is 3. The maximum absolute atomic E-state index is 12.1. The molecule has 126 valence electrons. The minimum absolute atomic E-state index is 0.121. The number of ether oxygens (including phenoxy) is 1. The van der Waals surface area contributed by atoms with E-state index in [-0.39, 0.29) is 24.3 Å². The molecule has 0 bridgehead atoms. The van der Waals surface area contributed by atoms with Crippen LogP contribution in [0.3, 0.4) is 0 Å². The Kier molecular flexibility index (Phi) is 5.52. The van der Waals surface area contributed by atoms with E-state index in [1.54, 1.807) is 31.2 Å². The van der Waals surface area contributed by atoms with Crippen molar-refractivity contribution in [2.24, 2.45) is 0 Å². The van der Waals surface area contributed by atoms with E-state index in [4.69, 9.17) is 9.15 Å². The van der Waals surface area contributed by atoms with E-state index in [0.29, 0.717) is 16.9 Å². The minimum Gasteiger partial charge on any atom is -0.469 e. The zero-order valence-corrected chi connectivity index (χ0v) is 13.8. The van der Waals surface area contributed by atoms with Crippen LogP contribution in [-0.2, 0) is 9.53 Å². The molecule has 2 rings (SSSR count). The summed E-state index contributed by atoms with van der Waals surface area (Å²) in [6.07, 6.45) is 1.39. The quantitative estimate of drug-likeness (QED) is 0.650. The van der Waals surface area contributed by atoms with Gasteiger partial charge in [-0.05, 0) is 25.5 Å². The zero-order chi connectivity index (χ0) is 17.7. The molecule has 0 aliphatic heterocycles. The van der Waals surface area contributed by atoms with Gasteiger partial charge in [0.25, 0.3) is 0 Å². The Morgan fingerprint density at radius 3 is 2.38 bits per heavy atom. The second kappa shape index (κ2) is 7.59. The number of hydrogen-bond donors (Lipinski definition) is 1. The highest BCUT2D eigenvalue weighted by Crippen LogP contribution is 2.14. The van der Waals surface area contributed by atoms with Gasteiger partial charge in [0.2, 0.25) is 5.91 Å². The van der Waals surface area contributed by atoms with Gasteiger partial charge in [-0.1, -0.05) is 24.3 Å². The van der Waals surface area contributed by atoms with Crippen molar-refractivity contribution >= 4 is 17.7 Å². The normalized spacial score (nSPS) is 11.6. The molecule has 6 nitrogen and oxygen atoms in total. The van der Waals surface area contributed by atoms with Gasteiger partial charge in [0.1, 0.15) is 11.3 Å². The Bertz CT molecular complexity index is 745. The summed E-state index contributed by atoms with van der Waals surface area (Å²) in [6, 6.07) is 8.17. The molecule has 0 saturated carbocycles. The summed E-state index contributed by atoms with van der Waals surface area (Å²) in [5.41, 5.74) is 1.63. The molecule has 1 amide bonds. The van der Waals surface area contributed by atoms with Gasteiger partial charge in [-0.3, -0.25) is 9.59 Å². The summed E-state index contributed by atoms with van der Waals surface area (Å²) in [7, 11) is 0. The molecule has 0 spiro atoms. The van der Waals surface area contributed by atoms with Crippen LogP contribution >= 0.6 is 0 Å². The first-order valence-electron chi connectivity index (χ1n) is 7.50. The molecular formula is C18H19NO5. The molecular weight excluding hydrogens is 310 g/mol.